The molecule has 5 nitrogen and oxygen atoms in total. The summed E-state index contributed by atoms with van der Waals surface area (Å²) in [6, 6.07) is 4.19. The van der Waals surface area contributed by atoms with Crippen LogP contribution in [0.4, 0.5) is 0 Å². The van der Waals surface area contributed by atoms with Gasteiger partial charge in [-0.25, -0.2) is 4.98 Å². The summed E-state index contributed by atoms with van der Waals surface area (Å²) in [7, 11) is 4.26. The fourth-order valence-corrected chi connectivity index (χ4v) is 2.78. The van der Waals surface area contributed by atoms with Crippen LogP contribution in [0.25, 0.3) is 0 Å². The van der Waals surface area contributed by atoms with E-state index in [0.717, 1.165) is 32.6 Å². The van der Waals surface area contributed by atoms with E-state index in [0.29, 0.717) is 0 Å². The highest BCUT2D eigenvalue weighted by Crippen LogP contribution is 2.13. The summed E-state index contributed by atoms with van der Waals surface area (Å²) in [5, 5.41) is 0. The number of pyridine rings is 1. The van der Waals surface area contributed by atoms with Gasteiger partial charge in [0, 0.05) is 44.8 Å². The molecule has 0 atom stereocenters. The normalized spacial score (nSPS) is 18.4. The minimum atomic E-state index is 0.993. The molecule has 112 valence electrons. The van der Waals surface area contributed by atoms with Crippen molar-refractivity contribution >= 4 is 0 Å². The lowest BCUT2D eigenvalue weighted by atomic mass is 10.1. The van der Waals surface area contributed by atoms with Crippen LogP contribution in [0.5, 0.6) is 0 Å². The molecule has 2 aromatic heterocycles. The lowest BCUT2D eigenvalue weighted by molar-refractivity contribution is 0.264. The predicted octanol–water partition coefficient (Wildman–Crippen LogP) is 1.40. The number of rotatable bonds is 0. The van der Waals surface area contributed by atoms with Gasteiger partial charge in [-0.15, -0.1) is 0 Å². The van der Waals surface area contributed by atoms with E-state index in [2.05, 4.69) is 44.5 Å². The number of nitrogens with zero attached hydrogens (tertiary/aromatic N) is 5. The molecule has 2 aliphatic rings. The van der Waals surface area contributed by atoms with Crippen LogP contribution in [0.15, 0.2) is 30.7 Å². The number of fused-ring (bicyclic) bond motifs is 2. The fraction of sp³-hybridized carbons (Fsp3) is 0.500. The second-order valence-corrected chi connectivity index (χ2v) is 5.87. The third-order valence-corrected chi connectivity index (χ3v) is 4.10. The van der Waals surface area contributed by atoms with Crippen LogP contribution in [0, 0.1) is 0 Å². The zero-order valence-electron chi connectivity index (χ0n) is 12.9. The maximum Gasteiger partial charge on any atom is 0.122 e. The average Bonchev–Trinajstić information content (AvgIpc) is 2.95. The highest BCUT2D eigenvalue weighted by molar-refractivity contribution is 5.21. The Hall–Kier alpha value is -1.72. The Bertz CT molecular complexity index is 592. The minimum absolute atomic E-state index is 0.993. The van der Waals surface area contributed by atoms with Crippen molar-refractivity contribution in [3.05, 3.63) is 47.8 Å². The standard InChI is InChI=1S/C9H12N2.C7H11N3/c1-11-6-4-8-3-2-5-10-9(8)7-11;1-9-4-5-10-3-2-8-7(10)6-9/h2-3,5H,4,6-7H2,1H3;2-3H,4-6H2,1H3. The first kappa shape index (κ1) is 14.2. The van der Waals surface area contributed by atoms with Crippen molar-refractivity contribution in [1.82, 2.24) is 24.3 Å². The first-order chi connectivity index (χ1) is 10.2. The highest BCUT2D eigenvalue weighted by atomic mass is 15.2. The first-order valence-electron chi connectivity index (χ1n) is 7.52. The molecule has 0 saturated heterocycles. The van der Waals surface area contributed by atoms with Gasteiger partial charge >= 0.3 is 0 Å². The van der Waals surface area contributed by atoms with Crippen LogP contribution in [0.1, 0.15) is 17.1 Å². The van der Waals surface area contributed by atoms with Gasteiger partial charge in [-0.05, 0) is 32.1 Å². The number of aromatic nitrogens is 3. The van der Waals surface area contributed by atoms with E-state index in [9.17, 15) is 0 Å². The number of likely N-dealkylation sites (N-methyl/N-ethyl adjacent to an activating group) is 2. The molecule has 2 aliphatic heterocycles. The molecule has 0 amide bonds. The molecule has 2 aromatic rings. The molecule has 0 fully saturated rings. The summed E-state index contributed by atoms with van der Waals surface area (Å²) in [6.45, 7) is 5.40. The second-order valence-electron chi connectivity index (χ2n) is 5.87. The second kappa shape index (κ2) is 6.37. The molecule has 0 saturated carbocycles. The van der Waals surface area contributed by atoms with Gasteiger partial charge in [-0.2, -0.15) is 0 Å². The Labute approximate surface area is 126 Å². The van der Waals surface area contributed by atoms with E-state index < -0.39 is 0 Å². The Morgan fingerprint density at radius 3 is 2.71 bits per heavy atom. The quantitative estimate of drug-likeness (QED) is 0.733. The number of imidazole rings is 1. The van der Waals surface area contributed by atoms with Crippen LogP contribution in [-0.4, -0.2) is 51.5 Å². The highest BCUT2D eigenvalue weighted by Gasteiger charge is 2.12. The lowest BCUT2D eigenvalue weighted by Gasteiger charge is -2.23. The van der Waals surface area contributed by atoms with Crippen LogP contribution >= 0.6 is 0 Å². The van der Waals surface area contributed by atoms with Crippen molar-refractivity contribution in [2.24, 2.45) is 0 Å². The van der Waals surface area contributed by atoms with E-state index in [4.69, 9.17) is 0 Å². The molecular formula is C16H23N5. The van der Waals surface area contributed by atoms with Gasteiger partial charge in [0.2, 0.25) is 0 Å². The first-order valence-corrected chi connectivity index (χ1v) is 7.52. The molecule has 0 bridgehead atoms. The molecule has 0 radical (unpaired) electrons. The van der Waals surface area contributed by atoms with Crippen molar-refractivity contribution in [2.45, 2.75) is 26.1 Å². The van der Waals surface area contributed by atoms with Gasteiger partial charge in [0.15, 0.2) is 0 Å². The molecule has 0 aromatic carbocycles. The van der Waals surface area contributed by atoms with Gasteiger partial charge in [0.05, 0.1) is 12.2 Å². The van der Waals surface area contributed by atoms with Gasteiger partial charge < -0.3 is 9.47 Å². The van der Waals surface area contributed by atoms with Crippen molar-refractivity contribution in [3.8, 4) is 0 Å². The molecule has 21 heavy (non-hydrogen) atoms. The minimum Gasteiger partial charge on any atom is -0.333 e. The van der Waals surface area contributed by atoms with E-state index in [1.807, 2.05) is 24.7 Å². The number of hydrogen-bond donors (Lipinski definition) is 0. The van der Waals surface area contributed by atoms with Crippen molar-refractivity contribution in [3.63, 3.8) is 0 Å². The molecule has 0 spiro atoms. The van der Waals surface area contributed by atoms with E-state index in [1.54, 1.807) is 0 Å². The topological polar surface area (TPSA) is 37.2 Å². The van der Waals surface area contributed by atoms with Gasteiger partial charge in [0.1, 0.15) is 5.82 Å². The maximum atomic E-state index is 4.33. The molecular weight excluding hydrogens is 262 g/mol. The monoisotopic (exact) mass is 285 g/mol. The van der Waals surface area contributed by atoms with Crippen LogP contribution in [0.3, 0.4) is 0 Å². The Balaban J connectivity index is 0.000000126. The summed E-state index contributed by atoms with van der Waals surface area (Å²) < 4.78 is 2.21. The molecule has 5 heteroatoms. The SMILES string of the molecule is CN1CCc2cccnc2C1.CN1CCn2ccnc2C1. The average molecular weight is 285 g/mol. The van der Waals surface area contributed by atoms with Crippen LogP contribution < -0.4 is 0 Å². The maximum absolute atomic E-state index is 4.33. The molecule has 0 unspecified atom stereocenters. The van der Waals surface area contributed by atoms with E-state index >= 15 is 0 Å². The van der Waals surface area contributed by atoms with Crippen molar-refractivity contribution in [1.29, 1.82) is 0 Å². The Kier molecular flexibility index (Phi) is 4.31. The third-order valence-electron chi connectivity index (χ3n) is 4.10. The Morgan fingerprint density at radius 2 is 1.81 bits per heavy atom. The van der Waals surface area contributed by atoms with Crippen molar-refractivity contribution in [2.75, 3.05) is 27.2 Å². The van der Waals surface area contributed by atoms with Crippen molar-refractivity contribution < 1.29 is 0 Å². The Morgan fingerprint density at radius 1 is 0.952 bits per heavy atom. The predicted molar refractivity (Wildman–Crippen MR) is 82.8 cm³/mol. The molecule has 4 heterocycles. The third kappa shape index (κ3) is 3.49. The lowest BCUT2D eigenvalue weighted by Crippen LogP contribution is -2.30. The molecule has 0 N–H and O–H groups in total. The molecule has 0 aliphatic carbocycles. The van der Waals surface area contributed by atoms with Gasteiger partial charge in [-0.1, -0.05) is 6.07 Å². The van der Waals surface area contributed by atoms with Crippen LogP contribution in [-0.2, 0) is 26.1 Å². The van der Waals surface area contributed by atoms with Crippen LogP contribution in [0.2, 0.25) is 0 Å². The summed E-state index contributed by atoms with van der Waals surface area (Å²) in [5.41, 5.74) is 2.67. The summed E-state index contributed by atoms with van der Waals surface area (Å²) >= 11 is 0. The summed E-state index contributed by atoms with van der Waals surface area (Å²) in [4.78, 5) is 13.1. The van der Waals surface area contributed by atoms with Gasteiger partial charge in [0.25, 0.3) is 0 Å². The smallest absolute Gasteiger partial charge is 0.122 e. The number of hydrogen-bond acceptors (Lipinski definition) is 4. The zero-order valence-corrected chi connectivity index (χ0v) is 12.9. The largest absolute Gasteiger partial charge is 0.333 e. The van der Waals surface area contributed by atoms with E-state index in [1.165, 1.54) is 23.6 Å². The van der Waals surface area contributed by atoms with Gasteiger partial charge in [-0.3, -0.25) is 9.88 Å². The van der Waals surface area contributed by atoms with E-state index in [-0.39, 0.29) is 0 Å². The molecule has 4 rings (SSSR count). The summed E-state index contributed by atoms with van der Waals surface area (Å²) in [5.74, 6) is 1.19. The zero-order chi connectivity index (χ0) is 14.7. The fourth-order valence-electron chi connectivity index (χ4n) is 2.78. The summed E-state index contributed by atoms with van der Waals surface area (Å²) in [6.07, 6.45) is 6.94.